The summed E-state index contributed by atoms with van der Waals surface area (Å²) in [6.45, 7) is 1.46. The van der Waals surface area contributed by atoms with Gasteiger partial charge in [-0.25, -0.2) is 4.39 Å². The van der Waals surface area contributed by atoms with E-state index in [4.69, 9.17) is 16.2 Å². The van der Waals surface area contributed by atoms with Gasteiger partial charge in [0.15, 0.2) is 6.23 Å². The van der Waals surface area contributed by atoms with Gasteiger partial charge >= 0.3 is 6.18 Å². The van der Waals surface area contributed by atoms with Crippen molar-refractivity contribution in [3.63, 3.8) is 0 Å². The Morgan fingerprint density at radius 2 is 2.03 bits per heavy atom. The summed E-state index contributed by atoms with van der Waals surface area (Å²) < 4.78 is 59.5. The molecule has 3 aliphatic rings. The number of fused-ring (bicyclic) bond motifs is 1. The molecule has 3 aliphatic heterocycles. The number of nitrogens with two attached hydrogens (primary N) is 2. The highest BCUT2D eigenvalue weighted by molar-refractivity contribution is 5.99. The number of pyridine rings is 2. The van der Waals surface area contributed by atoms with E-state index >= 15 is 0 Å². The lowest BCUT2D eigenvalue weighted by Gasteiger charge is -2.39. The maximum absolute atomic E-state index is 13.5. The summed E-state index contributed by atoms with van der Waals surface area (Å²) in [5.74, 6) is -2.66. The van der Waals surface area contributed by atoms with Gasteiger partial charge in [-0.2, -0.15) is 13.2 Å². The zero-order valence-corrected chi connectivity index (χ0v) is 20.0. The lowest BCUT2D eigenvalue weighted by Crippen LogP contribution is -2.51. The lowest BCUT2D eigenvalue weighted by molar-refractivity contribution is -0.177. The van der Waals surface area contributed by atoms with Gasteiger partial charge in [0.2, 0.25) is 5.91 Å². The molecule has 2 fully saturated rings. The minimum Gasteiger partial charge on any atom is -0.472 e. The fraction of sp³-hybridized carbons (Fsp3) is 0.542. The number of nitrogens with one attached hydrogen (secondary N) is 1. The predicted octanol–water partition coefficient (Wildman–Crippen LogP) is 2.14. The van der Waals surface area contributed by atoms with Crippen LogP contribution in [-0.2, 0) is 11.3 Å². The molecule has 1 amide bonds. The quantitative estimate of drug-likeness (QED) is 0.510. The largest absolute Gasteiger partial charge is 0.472 e. The van der Waals surface area contributed by atoms with Crippen LogP contribution in [0.2, 0.25) is 0 Å². The topological polar surface area (TPSA) is 123 Å². The fourth-order valence-corrected chi connectivity index (χ4v) is 5.28. The van der Waals surface area contributed by atoms with E-state index in [-0.39, 0.29) is 25.2 Å². The van der Waals surface area contributed by atoms with Crippen molar-refractivity contribution in [3.8, 4) is 5.75 Å². The third kappa shape index (κ3) is 5.48. The van der Waals surface area contributed by atoms with Crippen LogP contribution in [0.1, 0.15) is 30.0 Å². The Morgan fingerprint density at radius 3 is 2.76 bits per heavy atom. The predicted molar refractivity (Wildman–Crippen MR) is 128 cm³/mol. The molecule has 2 aromatic rings. The third-order valence-corrected chi connectivity index (χ3v) is 7.07. The molecule has 2 aromatic heterocycles. The summed E-state index contributed by atoms with van der Waals surface area (Å²) in [5.41, 5.74) is 13.9. The molecule has 5 heterocycles. The zero-order chi connectivity index (χ0) is 26.3. The van der Waals surface area contributed by atoms with Gasteiger partial charge in [0.05, 0.1) is 23.5 Å². The summed E-state index contributed by atoms with van der Waals surface area (Å²) in [7, 11) is 0. The van der Waals surface area contributed by atoms with Crippen LogP contribution in [0.25, 0.3) is 0 Å². The summed E-state index contributed by atoms with van der Waals surface area (Å²) in [4.78, 5) is 25.3. The van der Waals surface area contributed by atoms with Crippen LogP contribution in [0.3, 0.4) is 0 Å². The third-order valence-electron chi connectivity index (χ3n) is 7.07. The molecule has 5 atom stereocenters. The SMILES string of the molecule is NC1Oc2cc(CN3CC[C@H](F)C3)cnc2C1C(=O)Nc1cnccc1N1C[C@@H](N)C[C@@H](C(F)(F)F)C1. The molecule has 0 radical (unpaired) electrons. The molecule has 13 heteroatoms. The van der Waals surface area contributed by atoms with Crippen LogP contribution >= 0.6 is 0 Å². The molecule has 0 spiro atoms. The monoisotopic (exact) mass is 523 g/mol. The van der Waals surface area contributed by atoms with E-state index in [0.717, 1.165) is 5.56 Å². The second-order valence-electron chi connectivity index (χ2n) is 9.93. The number of carbonyl (C=O) groups excluding carboxylic acids is 1. The highest BCUT2D eigenvalue weighted by atomic mass is 19.4. The van der Waals surface area contributed by atoms with Gasteiger partial charge in [0, 0.05) is 51.2 Å². The Labute approximate surface area is 211 Å². The van der Waals surface area contributed by atoms with Gasteiger partial charge in [-0.15, -0.1) is 0 Å². The summed E-state index contributed by atoms with van der Waals surface area (Å²) in [6, 6.07) is 2.63. The van der Waals surface area contributed by atoms with Gasteiger partial charge < -0.3 is 20.7 Å². The van der Waals surface area contributed by atoms with E-state index < -0.39 is 42.4 Å². The van der Waals surface area contributed by atoms with Crippen molar-refractivity contribution in [2.24, 2.45) is 17.4 Å². The Kier molecular flexibility index (Phi) is 6.94. The minimum atomic E-state index is -4.38. The number of aromatic nitrogens is 2. The summed E-state index contributed by atoms with van der Waals surface area (Å²) in [6.07, 6.45) is -1.43. The molecular weight excluding hydrogens is 494 g/mol. The van der Waals surface area contributed by atoms with Crippen LogP contribution in [0, 0.1) is 5.92 Å². The molecular formula is C24H29F4N7O2. The first-order valence-corrected chi connectivity index (χ1v) is 12.2. The van der Waals surface area contributed by atoms with Crippen molar-refractivity contribution in [2.75, 3.05) is 36.4 Å². The van der Waals surface area contributed by atoms with Crippen LogP contribution in [-0.4, -0.2) is 71.6 Å². The highest BCUT2D eigenvalue weighted by Gasteiger charge is 2.44. The van der Waals surface area contributed by atoms with Crippen molar-refractivity contribution in [1.82, 2.24) is 14.9 Å². The van der Waals surface area contributed by atoms with Crippen molar-refractivity contribution in [2.45, 2.75) is 49.9 Å². The average molecular weight is 524 g/mol. The number of alkyl halides is 4. The maximum atomic E-state index is 13.5. The number of halogens is 4. The Hall–Kier alpha value is -3.03. The number of nitrogens with zero attached hydrogens (tertiary/aromatic N) is 4. The number of rotatable bonds is 5. The first-order chi connectivity index (χ1) is 17.6. The number of amides is 1. The van der Waals surface area contributed by atoms with Gasteiger partial charge in [-0.05, 0) is 30.5 Å². The molecule has 0 bridgehead atoms. The van der Waals surface area contributed by atoms with Gasteiger partial charge in [-0.1, -0.05) is 0 Å². The maximum Gasteiger partial charge on any atom is 0.393 e. The van der Waals surface area contributed by atoms with E-state index in [1.807, 2.05) is 4.90 Å². The first kappa shape index (κ1) is 25.6. The molecule has 37 heavy (non-hydrogen) atoms. The van der Waals surface area contributed by atoms with Crippen LogP contribution < -0.4 is 26.4 Å². The molecule has 0 aromatic carbocycles. The number of carbonyl (C=O) groups is 1. The van der Waals surface area contributed by atoms with Crippen molar-refractivity contribution in [1.29, 1.82) is 0 Å². The van der Waals surface area contributed by atoms with Gasteiger partial charge in [0.25, 0.3) is 0 Å². The second-order valence-corrected chi connectivity index (χ2v) is 9.93. The molecule has 2 saturated heterocycles. The van der Waals surface area contributed by atoms with E-state index in [0.29, 0.717) is 43.2 Å². The van der Waals surface area contributed by atoms with Crippen molar-refractivity contribution >= 4 is 17.3 Å². The Balaban J connectivity index is 1.32. The van der Waals surface area contributed by atoms with Crippen LogP contribution in [0.4, 0.5) is 28.9 Å². The molecule has 0 aliphatic carbocycles. The number of hydrogen-bond donors (Lipinski definition) is 3. The van der Waals surface area contributed by atoms with E-state index in [9.17, 15) is 22.4 Å². The van der Waals surface area contributed by atoms with Gasteiger partial charge in [-0.3, -0.25) is 25.4 Å². The molecule has 200 valence electrons. The summed E-state index contributed by atoms with van der Waals surface area (Å²) >= 11 is 0. The molecule has 5 N–H and O–H groups in total. The second kappa shape index (κ2) is 10.0. The first-order valence-electron chi connectivity index (χ1n) is 12.2. The Bertz CT molecular complexity index is 1150. The van der Waals surface area contributed by atoms with Crippen LogP contribution in [0.15, 0.2) is 30.7 Å². The smallest absolute Gasteiger partial charge is 0.393 e. The van der Waals surface area contributed by atoms with Crippen molar-refractivity contribution in [3.05, 3.63) is 42.0 Å². The van der Waals surface area contributed by atoms with E-state index in [2.05, 4.69) is 15.3 Å². The van der Waals surface area contributed by atoms with E-state index in [1.165, 1.54) is 17.3 Å². The number of anilines is 2. The summed E-state index contributed by atoms with van der Waals surface area (Å²) in [5, 5.41) is 2.75. The minimum absolute atomic E-state index is 0.155. The fourth-order valence-electron chi connectivity index (χ4n) is 5.28. The molecule has 5 rings (SSSR count). The van der Waals surface area contributed by atoms with Crippen LogP contribution in [0.5, 0.6) is 5.75 Å². The molecule has 2 unspecified atom stereocenters. The average Bonchev–Trinajstić information content (AvgIpc) is 3.39. The van der Waals surface area contributed by atoms with Gasteiger partial charge in [0.1, 0.15) is 23.5 Å². The number of piperidine rings is 1. The lowest BCUT2D eigenvalue weighted by atomic mass is 9.93. The Morgan fingerprint density at radius 1 is 1.22 bits per heavy atom. The number of ether oxygens (including phenoxy) is 1. The molecule has 0 saturated carbocycles. The van der Waals surface area contributed by atoms with E-state index in [1.54, 1.807) is 18.3 Å². The molecule has 9 nitrogen and oxygen atoms in total. The number of likely N-dealkylation sites (tertiary alicyclic amines) is 1. The zero-order valence-electron chi connectivity index (χ0n) is 20.0. The van der Waals surface area contributed by atoms with Crippen molar-refractivity contribution < 1.29 is 27.1 Å². The number of hydrogen-bond acceptors (Lipinski definition) is 8. The standard InChI is InChI=1S/C24H29F4N7O2/c25-15-2-4-34(11-15)9-13-5-19-21(32-7-13)20(22(30)37-19)23(36)33-17-8-31-3-1-18(17)35-10-14(24(26,27)28)6-16(29)12-35/h1,3,5,7-8,14-16,20,22H,2,4,6,9-12,29-30H2,(H,33,36)/t14-,15+,16+,20?,22?/m1/s1. The normalized spacial score (nSPS) is 28.2. The highest BCUT2D eigenvalue weighted by Crippen LogP contribution is 2.39.